The summed E-state index contributed by atoms with van der Waals surface area (Å²) in [6.07, 6.45) is 9.64. The van der Waals surface area contributed by atoms with Crippen LogP contribution in [0.2, 0.25) is 10.0 Å². The van der Waals surface area contributed by atoms with Gasteiger partial charge < -0.3 is 9.52 Å². The van der Waals surface area contributed by atoms with Gasteiger partial charge in [-0.15, -0.1) is 0 Å². The van der Waals surface area contributed by atoms with Gasteiger partial charge in [-0.2, -0.15) is 0 Å². The van der Waals surface area contributed by atoms with Crippen LogP contribution >= 0.6 is 46.6 Å². The molecule has 1 aromatic heterocycles. The molecule has 33 heavy (non-hydrogen) atoms. The van der Waals surface area contributed by atoms with Gasteiger partial charge in [0, 0.05) is 22.2 Å². The molecule has 168 valence electrons. The molecule has 1 saturated heterocycles. The molecule has 1 aliphatic carbocycles. The van der Waals surface area contributed by atoms with Crippen LogP contribution in [0, 0.1) is 17.7 Å². The molecule has 2 heterocycles. The van der Waals surface area contributed by atoms with Crippen LogP contribution in [0.1, 0.15) is 19.1 Å². The third-order valence-corrected chi connectivity index (χ3v) is 6.02. The van der Waals surface area contributed by atoms with Crippen molar-refractivity contribution < 1.29 is 19.1 Å². The number of nitrogens with zero attached hydrogens (tertiary/aromatic N) is 1. The lowest BCUT2D eigenvalue weighted by atomic mass is 10.1. The Kier molecular flexibility index (Phi) is 8.11. The Morgan fingerprint density at radius 1 is 1.33 bits per heavy atom. The van der Waals surface area contributed by atoms with E-state index in [4.69, 9.17) is 49.7 Å². The van der Waals surface area contributed by atoms with Gasteiger partial charge in [-0.1, -0.05) is 46.5 Å². The first-order valence-electron chi connectivity index (χ1n) is 9.29. The highest BCUT2D eigenvalue weighted by molar-refractivity contribution is 8.19. The number of anilines is 1. The molecule has 2 aliphatic rings. The minimum absolute atomic E-state index is 0.0648. The van der Waals surface area contributed by atoms with Crippen LogP contribution in [0.4, 0.5) is 5.69 Å². The summed E-state index contributed by atoms with van der Waals surface area (Å²) < 4.78 is 5.00. The van der Waals surface area contributed by atoms with E-state index < -0.39 is 5.97 Å². The molecule has 2 N–H and O–H groups in total. The molecule has 0 saturated carbocycles. The Bertz CT molecular complexity index is 1230. The molecule has 1 aliphatic heterocycles. The first-order valence-corrected chi connectivity index (χ1v) is 11.2. The molecule has 10 heteroatoms. The third kappa shape index (κ3) is 6.12. The maximum absolute atomic E-state index is 12.4. The van der Waals surface area contributed by atoms with Crippen molar-refractivity contribution in [1.29, 1.82) is 5.41 Å². The predicted molar refractivity (Wildman–Crippen MR) is 132 cm³/mol. The van der Waals surface area contributed by atoms with Crippen LogP contribution in [0.5, 0.6) is 0 Å². The summed E-state index contributed by atoms with van der Waals surface area (Å²) in [5.41, 5.74) is 1.55. The average molecular weight is 522 g/mol. The summed E-state index contributed by atoms with van der Waals surface area (Å²) >= 11 is 18.7. The van der Waals surface area contributed by atoms with E-state index in [-0.39, 0.29) is 11.1 Å². The fourth-order valence-electron chi connectivity index (χ4n) is 2.80. The minimum atomic E-state index is -0.922. The van der Waals surface area contributed by atoms with Gasteiger partial charge in [-0.3, -0.25) is 15.1 Å². The number of carboxylic acids is 1. The number of rotatable bonds is 3. The predicted octanol–water partition coefficient (Wildman–Crippen LogP) is 6.71. The summed E-state index contributed by atoms with van der Waals surface area (Å²) in [5.74, 6) is -0.817. The molecule has 6 nitrogen and oxygen atoms in total. The van der Waals surface area contributed by atoms with Gasteiger partial charge >= 0.3 is 5.97 Å². The summed E-state index contributed by atoms with van der Waals surface area (Å²) in [7, 11) is 0. The highest BCUT2D eigenvalue weighted by Gasteiger charge is 2.34. The molecule has 0 radical (unpaired) electrons. The number of hydrogen-bond acceptors (Lipinski definition) is 5. The number of carboxylic acid groups (broad SMARTS) is 1. The first kappa shape index (κ1) is 24.7. The molecule has 1 amide bonds. The number of benzene rings is 1. The highest BCUT2D eigenvalue weighted by atomic mass is 35.5. The zero-order valence-electron chi connectivity index (χ0n) is 17.0. The molecular formula is C23H15Cl3N2O4S. The number of amidine groups is 1. The van der Waals surface area contributed by atoms with Gasteiger partial charge in [-0.25, -0.2) is 4.79 Å². The van der Waals surface area contributed by atoms with Crippen molar-refractivity contribution in [3.8, 4) is 0 Å². The van der Waals surface area contributed by atoms with Crippen LogP contribution < -0.4 is 4.90 Å². The number of amides is 1. The normalized spacial score (nSPS) is 16.9. The van der Waals surface area contributed by atoms with E-state index >= 15 is 0 Å². The number of carbonyl (C=O) groups excluding carboxylic acids is 1. The molecule has 1 fully saturated rings. The van der Waals surface area contributed by atoms with E-state index in [0.717, 1.165) is 17.3 Å². The minimum Gasteiger partial charge on any atom is -0.478 e. The van der Waals surface area contributed by atoms with Crippen LogP contribution in [0.3, 0.4) is 0 Å². The van der Waals surface area contributed by atoms with Crippen molar-refractivity contribution in [3.63, 3.8) is 0 Å². The molecule has 4 rings (SSSR count). The third-order valence-electron chi connectivity index (χ3n) is 4.36. The Balaban J connectivity index is 0.000000218. The lowest BCUT2D eigenvalue weighted by Crippen LogP contribution is -2.28. The number of aliphatic carboxylic acids is 1. The van der Waals surface area contributed by atoms with Crippen LogP contribution in [-0.4, -0.2) is 22.2 Å². The van der Waals surface area contributed by atoms with E-state index in [1.807, 2.05) is 6.08 Å². The lowest BCUT2D eigenvalue weighted by Gasteiger charge is -2.16. The van der Waals surface area contributed by atoms with Gasteiger partial charge in [0.15, 0.2) is 5.17 Å². The standard InChI is InChI=1S/C14H6Cl2N2O2S.C9H9ClO2/c15-8-3-4-11(10(16)6-8)18-13(19)12(21-14(18)17)7-9-2-1-5-20-9;1-6-3-2-4-7(10)5-8(6)9(11)12/h2-4,6-7,17H;2,4-5H,3H2,1H3,(H,11,12)/b12-7-,17-14?;. The second-order valence-corrected chi connectivity index (χ2v) is 8.99. The summed E-state index contributed by atoms with van der Waals surface area (Å²) in [6.45, 7) is 1.79. The van der Waals surface area contributed by atoms with E-state index in [2.05, 4.69) is 12.3 Å². The fraction of sp³-hybridized carbons (Fsp3) is 0.0870. The number of halogens is 3. The number of allylic oxidation sites excluding steroid dienone is 4. The quantitative estimate of drug-likeness (QED) is 0.438. The maximum atomic E-state index is 12.4. The first-order chi connectivity index (χ1) is 15.7. The number of carbonyl (C=O) groups is 2. The number of nitrogens with one attached hydrogen (secondary N) is 1. The lowest BCUT2D eigenvalue weighted by molar-refractivity contribution is -0.132. The van der Waals surface area contributed by atoms with Crippen molar-refractivity contribution in [2.75, 3.05) is 4.90 Å². The fourth-order valence-corrected chi connectivity index (χ4v) is 4.32. The highest BCUT2D eigenvalue weighted by Crippen LogP contribution is 2.38. The summed E-state index contributed by atoms with van der Waals surface area (Å²) in [5, 5.41) is 18.0. The molecule has 0 atom stereocenters. The van der Waals surface area contributed by atoms with E-state index in [0.29, 0.717) is 43.4 Å². The van der Waals surface area contributed by atoms with Crippen molar-refractivity contribution in [2.45, 2.75) is 13.3 Å². The van der Waals surface area contributed by atoms with Gasteiger partial charge in [0.25, 0.3) is 5.91 Å². The summed E-state index contributed by atoms with van der Waals surface area (Å²) in [4.78, 5) is 24.7. The molecule has 2 aromatic rings. The monoisotopic (exact) mass is 520 g/mol. The molecule has 0 unspecified atom stereocenters. The van der Waals surface area contributed by atoms with Crippen LogP contribution in [-0.2, 0) is 9.59 Å². The van der Waals surface area contributed by atoms with Crippen LogP contribution in [0.25, 0.3) is 6.08 Å². The van der Waals surface area contributed by atoms with Crippen molar-refractivity contribution in [2.24, 2.45) is 0 Å². The number of hydrogen-bond donors (Lipinski definition) is 2. The van der Waals surface area contributed by atoms with Crippen LogP contribution in [0.15, 0.2) is 68.0 Å². The Hall–Kier alpha value is -2.89. The van der Waals surface area contributed by atoms with E-state index in [1.54, 1.807) is 37.3 Å². The van der Waals surface area contributed by atoms with Crippen molar-refractivity contribution in [3.05, 3.63) is 91.7 Å². The van der Waals surface area contributed by atoms with Gasteiger partial charge in [0.05, 0.1) is 21.2 Å². The Morgan fingerprint density at radius 3 is 2.73 bits per heavy atom. The largest absolute Gasteiger partial charge is 0.478 e. The van der Waals surface area contributed by atoms with Gasteiger partial charge in [0.2, 0.25) is 0 Å². The zero-order chi connectivity index (χ0) is 24.1. The molecule has 1 aromatic carbocycles. The Morgan fingerprint density at radius 2 is 2.09 bits per heavy atom. The van der Waals surface area contributed by atoms with Crippen molar-refractivity contribution >= 4 is 75.4 Å². The smallest absolute Gasteiger partial charge is 0.335 e. The zero-order valence-corrected chi connectivity index (χ0v) is 20.1. The molecule has 0 spiro atoms. The molecular weight excluding hydrogens is 507 g/mol. The SMILES string of the molecule is CC1=C(C(=O)O)C=C(Cl)C=CC1.N=C1S/C(=C\c2cc#co2)C(=O)N1c1ccc(Cl)cc1Cl. The second kappa shape index (κ2) is 10.8. The summed E-state index contributed by atoms with van der Waals surface area (Å²) in [6, 6.07) is 8.94. The van der Waals surface area contributed by atoms with Crippen molar-refractivity contribution in [1.82, 2.24) is 0 Å². The molecule has 0 bridgehead atoms. The van der Waals surface area contributed by atoms with Gasteiger partial charge in [-0.05, 0) is 61.5 Å². The second-order valence-electron chi connectivity index (χ2n) is 6.68. The Labute approximate surface area is 209 Å². The van der Waals surface area contributed by atoms with Gasteiger partial charge in [0.1, 0.15) is 12.0 Å². The van der Waals surface area contributed by atoms with E-state index in [9.17, 15) is 9.59 Å². The maximum Gasteiger partial charge on any atom is 0.335 e. The topological polar surface area (TPSA) is 94.6 Å². The van der Waals surface area contributed by atoms with E-state index in [1.165, 1.54) is 17.0 Å². The number of thioether (sulfide) groups is 1. The average Bonchev–Trinajstić information content (AvgIpc) is 3.30.